The molecular weight excluding hydrogens is 447 g/mol. The summed E-state index contributed by atoms with van der Waals surface area (Å²) in [7, 11) is -3.76. The molecule has 0 unspecified atom stereocenters. The Hall–Kier alpha value is -1.37. The van der Waals surface area contributed by atoms with E-state index in [2.05, 4.69) is 11.4 Å². The van der Waals surface area contributed by atoms with Gasteiger partial charge in [-0.1, -0.05) is 48.9 Å². The van der Waals surface area contributed by atoms with E-state index in [9.17, 15) is 18.5 Å². The van der Waals surface area contributed by atoms with Crippen LogP contribution in [0.5, 0.6) is 0 Å². The van der Waals surface area contributed by atoms with Crippen molar-refractivity contribution in [1.29, 1.82) is 5.26 Å². The summed E-state index contributed by atoms with van der Waals surface area (Å²) < 4.78 is 27.2. The molecule has 0 bridgehead atoms. The number of amides is 1. The molecular formula is C20H26Cl2N4O3S. The fourth-order valence-electron chi connectivity index (χ4n) is 4.05. The third-order valence-electron chi connectivity index (χ3n) is 5.76. The molecule has 0 atom stereocenters. The number of nitrogens with zero attached hydrogens (tertiary/aromatic N) is 3. The van der Waals surface area contributed by atoms with Crippen molar-refractivity contribution in [3.8, 4) is 6.07 Å². The van der Waals surface area contributed by atoms with Crippen LogP contribution in [0.4, 0.5) is 0 Å². The molecule has 1 N–H and O–H groups in total. The van der Waals surface area contributed by atoms with Gasteiger partial charge in [-0.3, -0.25) is 9.69 Å². The number of halogens is 2. The van der Waals surface area contributed by atoms with Gasteiger partial charge in [0.15, 0.2) is 0 Å². The number of hydrogen-bond donors (Lipinski definition) is 1. The standard InChI is InChI=1S/C20H26Cl2N4O3S/c21-16-5-6-17(22)18(13-16)30(28,29)26-11-9-25(10-12-26)14-19(27)24-20(15-23)7-3-1-2-4-8-20/h5-6,13H,1-4,7-12,14H2,(H,24,27). The van der Waals surface area contributed by atoms with Gasteiger partial charge >= 0.3 is 0 Å². The molecule has 1 heterocycles. The van der Waals surface area contributed by atoms with Crippen molar-refractivity contribution in [1.82, 2.24) is 14.5 Å². The van der Waals surface area contributed by atoms with E-state index >= 15 is 0 Å². The number of hydrogen-bond acceptors (Lipinski definition) is 5. The Balaban J connectivity index is 1.57. The highest BCUT2D eigenvalue weighted by Gasteiger charge is 2.34. The normalized spacial score (nSPS) is 20.8. The van der Waals surface area contributed by atoms with E-state index in [0.29, 0.717) is 31.0 Å². The number of nitriles is 1. The molecule has 1 saturated carbocycles. The molecule has 2 fully saturated rings. The number of rotatable bonds is 5. The van der Waals surface area contributed by atoms with Crippen LogP contribution < -0.4 is 5.32 Å². The zero-order chi connectivity index (χ0) is 21.8. The average molecular weight is 473 g/mol. The van der Waals surface area contributed by atoms with Gasteiger partial charge in [-0.05, 0) is 31.0 Å². The third-order valence-corrected chi connectivity index (χ3v) is 8.37. The molecule has 1 saturated heterocycles. The van der Waals surface area contributed by atoms with E-state index in [1.165, 1.54) is 16.4 Å². The van der Waals surface area contributed by atoms with Gasteiger partial charge in [0.2, 0.25) is 15.9 Å². The summed E-state index contributed by atoms with van der Waals surface area (Å²) in [6.07, 6.45) is 5.43. The number of carbonyl (C=O) groups is 1. The minimum atomic E-state index is -3.76. The largest absolute Gasteiger partial charge is 0.337 e. The monoisotopic (exact) mass is 472 g/mol. The van der Waals surface area contributed by atoms with Crippen molar-refractivity contribution in [3.05, 3.63) is 28.2 Å². The third kappa shape index (κ3) is 5.45. The second-order valence-electron chi connectivity index (χ2n) is 7.91. The zero-order valence-electron chi connectivity index (χ0n) is 16.7. The Bertz CT molecular complexity index is 916. The van der Waals surface area contributed by atoms with E-state index in [-0.39, 0.29) is 35.5 Å². The summed E-state index contributed by atoms with van der Waals surface area (Å²) in [5.74, 6) is -0.187. The van der Waals surface area contributed by atoms with E-state index in [1.54, 1.807) is 6.07 Å². The first-order chi connectivity index (χ1) is 14.3. The Morgan fingerprint density at radius 3 is 2.33 bits per heavy atom. The summed E-state index contributed by atoms with van der Waals surface area (Å²) >= 11 is 12.0. The molecule has 1 aliphatic heterocycles. The van der Waals surface area contributed by atoms with Gasteiger partial charge in [0, 0.05) is 31.2 Å². The van der Waals surface area contributed by atoms with Gasteiger partial charge in [0.05, 0.1) is 17.6 Å². The lowest BCUT2D eigenvalue weighted by Crippen LogP contribution is -2.54. The van der Waals surface area contributed by atoms with E-state index in [1.807, 2.05) is 4.90 Å². The van der Waals surface area contributed by atoms with Crippen LogP contribution in [0.1, 0.15) is 38.5 Å². The molecule has 164 valence electrons. The van der Waals surface area contributed by atoms with Gasteiger partial charge in [-0.25, -0.2) is 8.42 Å². The molecule has 2 aliphatic rings. The SMILES string of the molecule is N#CC1(NC(=O)CN2CCN(S(=O)(=O)c3cc(Cl)ccc3Cl)CC2)CCCCCC1. The number of benzene rings is 1. The maximum absolute atomic E-state index is 12.9. The summed E-state index contributed by atoms with van der Waals surface area (Å²) in [6.45, 7) is 1.49. The van der Waals surface area contributed by atoms with Crippen molar-refractivity contribution >= 4 is 39.1 Å². The number of piperazine rings is 1. The molecule has 1 aliphatic carbocycles. The summed E-state index contributed by atoms with van der Waals surface area (Å²) in [5, 5.41) is 13.0. The van der Waals surface area contributed by atoms with Crippen LogP contribution in [-0.4, -0.2) is 61.8 Å². The van der Waals surface area contributed by atoms with Crippen LogP contribution in [0.15, 0.2) is 23.1 Å². The molecule has 0 spiro atoms. The zero-order valence-corrected chi connectivity index (χ0v) is 19.1. The average Bonchev–Trinajstić information content (AvgIpc) is 2.96. The van der Waals surface area contributed by atoms with Crippen LogP contribution >= 0.6 is 23.2 Å². The molecule has 1 amide bonds. The van der Waals surface area contributed by atoms with E-state index in [0.717, 1.165) is 25.7 Å². The van der Waals surface area contributed by atoms with Gasteiger partial charge in [-0.2, -0.15) is 9.57 Å². The van der Waals surface area contributed by atoms with Crippen LogP contribution in [0, 0.1) is 11.3 Å². The maximum Gasteiger partial charge on any atom is 0.244 e. The van der Waals surface area contributed by atoms with E-state index in [4.69, 9.17) is 23.2 Å². The number of carbonyl (C=O) groups excluding carboxylic acids is 1. The van der Waals surface area contributed by atoms with Crippen molar-refractivity contribution in [3.63, 3.8) is 0 Å². The van der Waals surface area contributed by atoms with Gasteiger partial charge in [-0.15, -0.1) is 0 Å². The van der Waals surface area contributed by atoms with Gasteiger partial charge in [0.25, 0.3) is 0 Å². The molecule has 0 aromatic heterocycles. The first-order valence-electron chi connectivity index (χ1n) is 10.2. The quantitative estimate of drug-likeness (QED) is 0.664. The Labute approximate surface area is 188 Å². The summed E-state index contributed by atoms with van der Waals surface area (Å²) in [5.41, 5.74) is -0.776. The van der Waals surface area contributed by atoms with E-state index < -0.39 is 15.6 Å². The van der Waals surface area contributed by atoms with Crippen molar-refractivity contribution in [2.45, 2.75) is 49.0 Å². The molecule has 30 heavy (non-hydrogen) atoms. The topological polar surface area (TPSA) is 93.5 Å². The van der Waals surface area contributed by atoms with Crippen LogP contribution in [0.25, 0.3) is 0 Å². The smallest absolute Gasteiger partial charge is 0.244 e. The fraction of sp³-hybridized carbons (Fsp3) is 0.600. The van der Waals surface area contributed by atoms with Crippen molar-refractivity contribution in [2.24, 2.45) is 0 Å². The van der Waals surface area contributed by atoms with Crippen LogP contribution in [-0.2, 0) is 14.8 Å². The minimum absolute atomic E-state index is 0.00724. The van der Waals surface area contributed by atoms with Crippen LogP contribution in [0.2, 0.25) is 10.0 Å². The highest BCUT2D eigenvalue weighted by atomic mass is 35.5. The predicted octanol–water partition coefficient (Wildman–Crippen LogP) is 3.03. The lowest BCUT2D eigenvalue weighted by atomic mass is 9.92. The summed E-state index contributed by atoms with van der Waals surface area (Å²) in [4.78, 5) is 14.5. The van der Waals surface area contributed by atoms with Gasteiger partial charge < -0.3 is 5.32 Å². The van der Waals surface area contributed by atoms with Crippen LogP contribution in [0.3, 0.4) is 0 Å². The molecule has 0 radical (unpaired) electrons. The fourth-order valence-corrected chi connectivity index (χ4v) is 6.21. The molecule has 1 aromatic carbocycles. The second-order valence-corrected chi connectivity index (χ2v) is 10.7. The predicted molar refractivity (Wildman–Crippen MR) is 116 cm³/mol. The lowest BCUT2D eigenvalue weighted by Gasteiger charge is -2.34. The molecule has 7 nitrogen and oxygen atoms in total. The Kier molecular flexibility index (Phi) is 7.64. The highest BCUT2D eigenvalue weighted by Crippen LogP contribution is 2.29. The second kappa shape index (κ2) is 9.84. The molecule has 10 heteroatoms. The number of sulfonamides is 1. The highest BCUT2D eigenvalue weighted by molar-refractivity contribution is 7.89. The minimum Gasteiger partial charge on any atom is -0.337 e. The number of nitrogens with one attached hydrogen (secondary N) is 1. The van der Waals surface area contributed by atoms with Gasteiger partial charge in [0.1, 0.15) is 10.4 Å². The lowest BCUT2D eigenvalue weighted by molar-refractivity contribution is -0.124. The Morgan fingerprint density at radius 1 is 1.10 bits per heavy atom. The first-order valence-corrected chi connectivity index (χ1v) is 12.4. The first kappa shape index (κ1) is 23.3. The molecule has 3 rings (SSSR count). The molecule has 1 aromatic rings. The Morgan fingerprint density at radius 2 is 1.73 bits per heavy atom. The van der Waals surface area contributed by atoms with Crippen molar-refractivity contribution in [2.75, 3.05) is 32.7 Å². The van der Waals surface area contributed by atoms with Crippen molar-refractivity contribution < 1.29 is 13.2 Å². The summed E-state index contributed by atoms with van der Waals surface area (Å²) in [6, 6.07) is 6.69. The maximum atomic E-state index is 12.9.